The van der Waals surface area contributed by atoms with Crippen molar-refractivity contribution < 1.29 is 35.9 Å². The van der Waals surface area contributed by atoms with Crippen LogP contribution >= 0.6 is 0 Å². The highest BCUT2D eigenvalue weighted by molar-refractivity contribution is 7.89. The van der Waals surface area contributed by atoms with Crippen LogP contribution in [0.2, 0.25) is 0 Å². The van der Waals surface area contributed by atoms with E-state index in [1.807, 2.05) is 48.5 Å². The van der Waals surface area contributed by atoms with E-state index in [0.29, 0.717) is 28.9 Å². The number of sulfonamides is 1. The number of benzene rings is 4. The fourth-order valence-electron chi connectivity index (χ4n) is 5.62. The second-order valence-corrected chi connectivity index (χ2v) is 13.0. The molecular weight excluding hydrogens is 603 g/mol. The second kappa shape index (κ2) is 13.5. The first-order valence-electron chi connectivity index (χ1n) is 14.7. The lowest BCUT2D eigenvalue weighted by atomic mass is 9.85. The van der Waals surface area contributed by atoms with Crippen LogP contribution in [0.1, 0.15) is 47.1 Å². The highest BCUT2D eigenvalue weighted by Gasteiger charge is 2.34. The van der Waals surface area contributed by atoms with Gasteiger partial charge in [-0.3, -0.25) is 0 Å². The van der Waals surface area contributed by atoms with Crippen molar-refractivity contribution in [2.45, 2.75) is 50.2 Å². The van der Waals surface area contributed by atoms with Gasteiger partial charge in [-0.05, 0) is 102 Å². The van der Waals surface area contributed by atoms with Gasteiger partial charge in [0.25, 0.3) is 0 Å². The Kier molecular flexibility index (Phi) is 9.65. The van der Waals surface area contributed by atoms with Gasteiger partial charge in [0.1, 0.15) is 5.75 Å². The van der Waals surface area contributed by atoms with E-state index >= 15 is 0 Å². The van der Waals surface area contributed by atoms with Crippen LogP contribution in [0.15, 0.2) is 95.9 Å². The van der Waals surface area contributed by atoms with Crippen LogP contribution in [0, 0.1) is 6.92 Å². The van der Waals surface area contributed by atoms with Crippen LogP contribution in [-0.2, 0) is 38.7 Å². The number of fused-ring (bicyclic) bond motifs is 1. The quantitative estimate of drug-likeness (QED) is 0.168. The van der Waals surface area contributed by atoms with Gasteiger partial charge >= 0.3 is 12.1 Å². The molecule has 4 aromatic carbocycles. The van der Waals surface area contributed by atoms with Crippen LogP contribution in [0.25, 0.3) is 11.1 Å². The highest BCUT2D eigenvalue weighted by atomic mass is 32.2. The predicted octanol–water partition coefficient (Wildman–Crippen LogP) is 7.54. The molecule has 0 fully saturated rings. The van der Waals surface area contributed by atoms with Crippen LogP contribution in [0.4, 0.5) is 13.2 Å². The topological polar surface area (TPSA) is 72.9 Å². The van der Waals surface area contributed by atoms with Gasteiger partial charge in [0, 0.05) is 13.1 Å². The van der Waals surface area contributed by atoms with Gasteiger partial charge in [-0.2, -0.15) is 17.5 Å². The van der Waals surface area contributed by atoms with Crippen LogP contribution in [0.5, 0.6) is 5.75 Å². The van der Waals surface area contributed by atoms with Crippen LogP contribution in [0.3, 0.4) is 0 Å². The molecule has 1 aliphatic rings. The summed E-state index contributed by atoms with van der Waals surface area (Å²) in [5.41, 5.74) is 4.15. The van der Waals surface area contributed by atoms with Gasteiger partial charge in [0.05, 0.1) is 17.1 Å². The van der Waals surface area contributed by atoms with E-state index < -0.39 is 27.7 Å². The molecule has 0 saturated heterocycles. The molecule has 5 rings (SSSR count). The number of halogens is 3. The largest absolute Gasteiger partial charge is 0.482 e. The molecule has 0 bridgehead atoms. The molecule has 4 aromatic rings. The minimum absolute atomic E-state index is 0.0985. The molecule has 0 aliphatic carbocycles. The fraction of sp³-hybridized carbons (Fsp3) is 0.286. The van der Waals surface area contributed by atoms with E-state index in [9.17, 15) is 26.4 Å². The first kappa shape index (κ1) is 32.2. The molecule has 236 valence electrons. The molecule has 1 aliphatic heterocycles. The molecule has 0 aromatic heterocycles. The second-order valence-electron chi connectivity index (χ2n) is 11.0. The lowest BCUT2D eigenvalue weighted by Crippen LogP contribution is -2.38. The van der Waals surface area contributed by atoms with Crippen molar-refractivity contribution in [1.82, 2.24) is 4.31 Å². The molecule has 1 heterocycles. The Balaban J connectivity index is 1.44. The number of rotatable bonds is 10. The lowest BCUT2D eigenvalue weighted by molar-refractivity contribution is -0.145. The summed E-state index contributed by atoms with van der Waals surface area (Å²) < 4.78 is 79.4. The Morgan fingerprint density at radius 1 is 0.933 bits per heavy atom. The Morgan fingerprint density at radius 3 is 2.31 bits per heavy atom. The summed E-state index contributed by atoms with van der Waals surface area (Å²) in [6.07, 6.45) is -2.97. The van der Waals surface area contributed by atoms with Crippen molar-refractivity contribution in [3.63, 3.8) is 0 Å². The number of aryl methyl sites for hydroxylation is 2. The summed E-state index contributed by atoms with van der Waals surface area (Å²) in [5, 5.41) is 0. The monoisotopic (exact) mass is 637 g/mol. The van der Waals surface area contributed by atoms with Crippen molar-refractivity contribution in [2.75, 3.05) is 19.8 Å². The fourth-order valence-corrected chi connectivity index (χ4v) is 7.17. The molecule has 0 spiro atoms. The molecule has 6 nitrogen and oxygen atoms in total. The maximum atomic E-state index is 14.0. The van der Waals surface area contributed by atoms with Crippen molar-refractivity contribution >= 4 is 16.0 Å². The first-order valence-corrected chi connectivity index (χ1v) is 16.1. The molecule has 45 heavy (non-hydrogen) atoms. The maximum absolute atomic E-state index is 14.0. The third-order valence-corrected chi connectivity index (χ3v) is 9.77. The molecule has 0 radical (unpaired) electrons. The van der Waals surface area contributed by atoms with E-state index in [1.54, 1.807) is 13.8 Å². The molecule has 1 atom stereocenters. The van der Waals surface area contributed by atoms with Crippen LogP contribution < -0.4 is 4.74 Å². The van der Waals surface area contributed by atoms with Crippen LogP contribution in [-0.4, -0.2) is 38.5 Å². The number of carbonyl (C=O) groups is 1. The number of hydrogen-bond acceptors (Lipinski definition) is 5. The van der Waals surface area contributed by atoms with Gasteiger partial charge < -0.3 is 9.47 Å². The Bertz CT molecular complexity index is 1760. The number of nitrogens with zero attached hydrogens (tertiary/aromatic N) is 1. The highest BCUT2D eigenvalue weighted by Crippen LogP contribution is 2.38. The van der Waals surface area contributed by atoms with Crippen molar-refractivity contribution in [1.29, 1.82) is 0 Å². The number of carbonyl (C=O) groups excluding carboxylic acids is 1. The smallest absolute Gasteiger partial charge is 0.416 e. The molecule has 10 heteroatoms. The number of hydrogen-bond donors (Lipinski definition) is 0. The van der Waals surface area contributed by atoms with Gasteiger partial charge in [0.15, 0.2) is 6.61 Å². The van der Waals surface area contributed by atoms with E-state index in [0.717, 1.165) is 35.2 Å². The van der Waals surface area contributed by atoms with E-state index in [4.69, 9.17) is 9.47 Å². The maximum Gasteiger partial charge on any atom is 0.416 e. The summed E-state index contributed by atoms with van der Waals surface area (Å²) in [7, 11) is -3.94. The Morgan fingerprint density at radius 2 is 1.64 bits per heavy atom. The molecule has 0 N–H and O–H groups in total. The standard InChI is InChI=1S/C35H34F3NO5S/c1-3-43-34(40)23-44-33-18-16-31(19-24(33)2)45(41,42)39-21-28(10-9-25-7-5-4-6-8-25)32-17-13-27(20-29(32)22-39)26-11-14-30(15-12-26)35(36,37)38/h4-8,11-20,28H,3,9-10,21-23H2,1-2H3. The predicted molar refractivity (Wildman–Crippen MR) is 165 cm³/mol. The first-order chi connectivity index (χ1) is 21.5. The zero-order valence-electron chi connectivity index (χ0n) is 25.0. The third-order valence-electron chi connectivity index (χ3n) is 7.96. The van der Waals surface area contributed by atoms with Gasteiger partial charge in [0.2, 0.25) is 10.0 Å². The zero-order chi connectivity index (χ0) is 32.2. The SMILES string of the molecule is CCOC(=O)COc1ccc(S(=O)(=O)N2Cc3cc(-c4ccc(C(F)(F)F)cc4)ccc3C(CCc3ccccc3)C2)cc1C. The average Bonchev–Trinajstić information content (AvgIpc) is 3.03. The zero-order valence-corrected chi connectivity index (χ0v) is 25.8. The summed E-state index contributed by atoms with van der Waals surface area (Å²) in [4.78, 5) is 11.8. The van der Waals surface area contributed by atoms with Gasteiger partial charge in [-0.25, -0.2) is 13.2 Å². The Hall–Kier alpha value is -4.15. The average molecular weight is 638 g/mol. The summed E-state index contributed by atoms with van der Waals surface area (Å²) in [5.74, 6) is -0.232. The third kappa shape index (κ3) is 7.57. The van der Waals surface area contributed by atoms with Gasteiger partial charge in [-0.1, -0.05) is 54.6 Å². The van der Waals surface area contributed by atoms with Gasteiger partial charge in [-0.15, -0.1) is 0 Å². The van der Waals surface area contributed by atoms with E-state index in [2.05, 4.69) is 0 Å². The molecule has 1 unspecified atom stereocenters. The lowest BCUT2D eigenvalue weighted by Gasteiger charge is -2.34. The van der Waals surface area contributed by atoms with E-state index in [1.165, 1.54) is 34.6 Å². The molecule has 0 saturated carbocycles. The minimum Gasteiger partial charge on any atom is -0.482 e. The number of alkyl halides is 3. The molecular formula is C35H34F3NO5S. The van der Waals surface area contributed by atoms with Crippen molar-refractivity contribution in [2.24, 2.45) is 0 Å². The minimum atomic E-state index is -4.43. The Labute approximate surface area is 261 Å². The summed E-state index contributed by atoms with van der Waals surface area (Å²) in [6.45, 7) is 3.76. The molecule has 0 amide bonds. The number of ether oxygens (including phenoxy) is 2. The van der Waals surface area contributed by atoms with Crippen molar-refractivity contribution in [3.05, 3.63) is 119 Å². The number of esters is 1. The van der Waals surface area contributed by atoms with E-state index in [-0.39, 0.29) is 37.1 Å². The normalized spacial score (nSPS) is 15.4. The summed E-state index contributed by atoms with van der Waals surface area (Å²) in [6, 6.07) is 25.2. The van der Waals surface area contributed by atoms with Crippen molar-refractivity contribution in [3.8, 4) is 16.9 Å². The summed E-state index contributed by atoms with van der Waals surface area (Å²) >= 11 is 0.